The van der Waals surface area contributed by atoms with Gasteiger partial charge in [-0.15, -0.1) is 0 Å². The highest BCUT2D eigenvalue weighted by Crippen LogP contribution is 2.21. The number of esters is 1. The lowest BCUT2D eigenvalue weighted by Crippen LogP contribution is -2.41. The first-order chi connectivity index (χ1) is 10.5. The second-order valence-corrected chi connectivity index (χ2v) is 4.98. The minimum absolute atomic E-state index is 0.0568. The summed E-state index contributed by atoms with van der Waals surface area (Å²) in [6.45, 7) is 0.129. The fourth-order valence-electron chi connectivity index (χ4n) is 2.32. The van der Waals surface area contributed by atoms with Crippen LogP contribution in [0.25, 0.3) is 0 Å². The first kappa shape index (κ1) is 16.1. The zero-order valence-corrected chi connectivity index (χ0v) is 12.5. The molecule has 22 heavy (non-hydrogen) atoms. The van der Waals surface area contributed by atoms with E-state index in [-0.39, 0.29) is 19.6 Å². The normalized spacial score (nSPS) is 20.6. The molecule has 0 spiro atoms. The molecular weight excluding hydrogens is 290 g/mol. The first-order valence-electron chi connectivity index (χ1n) is 6.87. The minimum Gasteiger partial charge on any atom is -0.497 e. The molecule has 1 amide bonds. The van der Waals surface area contributed by atoms with Crippen LogP contribution in [0.15, 0.2) is 24.3 Å². The molecule has 1 fully saturated rings. The summed E-state index contributed by atoms with van der Waals surface area (Å²) in [5.41, 5.74) is 0.795. The number of nitrogens with zero attached hydrogens (tertiary/aromatic N) is 1. The van der Waals surface area contributed by atoms with Crippen molar-refractivity contribution in [2.45, 2.75) is 25.2 Å². The summed E-state index contributed by atoms with van der Waals surface area (Å²) < 4.78 is 14.9. The maximum absolute atomic E-state index is 12.1. The largest absolute Gasteiger partial charge is 0.497 e. The average molecular weight is 309 g/mol. The zero-order valence-electron chi connectivity index (χ0n) is 12.5. The molecule has 7 heteroatoms. The molecule has 0 bridgehead atoms. The van der Waals surface area contributed by atoms with Gasteiger partial charge in [-0.05, 0) is 17.7 Å². The van der Waals surface area contributed by atoms with Crippen LogP contribution in [0.3, 0.4) is 0 Å². The van der Waals surface area contributed by atoms with E-state index in [1.807, 2.05) is 0 Å². The molecule has 0 aromatic heterocycles. The second kappa shape index (κ2) is 7.13. The lowest BCUT2D eigenvalue weighted by molar-refractivity contribution is -0.145. The molecule has 1 heterocycles. The number of rotatable bonds is 4. The van der Waals surface area contributed by atoms with Crippen molar-refractivity contribution in [1.29, 1.82) is 0 Å². The van der Waals surface area contributed by atoms with Crippen LogP contribution in [0, 0.1) is 0 Å². The van der Waals surface area contributed by atoms with E-state index in [9.17, 15) is 14.7 Å². The van der Waals surface area contributed by atoms with Crippen molar-refractivity contribution in [3.63, 3.8) is 0 Å². The van der Waals surface area contributed by atoms with Crippen LogP contribution in [0.1, 0.15) is 12.0 Å². The van der Waals surface area contributed by atoms with Gasteiger partial charge < -0.3 is 19.3 Å². The Morgan fingerprint density at radius 2 is 1.95 bits per heavy atom. The Bertz CT molecular complexity index is 529. The standard InChI is InChI=1S/C15H19NO6/c1-20-12-5-3-10(4-6-12)9-22-15(19)16-8-11(17)7-13(16)14(18)21-2/h3-6,11,13,17H,7-9H2,1-2H3. The number of carbonyl (C=O) groups excluding carboxylic acids is 2. The summed E-state index contributed by atoms with van der Waals surface area (Å²) in [6.07, 6.45) is -1.25. The Kier molecular flexibility index (Phi) is 5.21. The van der Waals surface area contributed by atoms with Gasteiger partial charge >= 0.3 is 12.1 Å². The highest BCUT2D eigenvalue weighted by Gasteiger charge is 2.40. The number of likely N-dealkylation sites (tertiary alicyclic amines) is 1. The van der Waals surface area contributed by atoms with Gasteiger partial charge in [0.1, 0.15) is 18.4 Å². The predicted molar refractivity (Wildman–Crippen MR) is 76.3 cm³/mol. The molecule has 7 nitrogen and oxygen atoms in total. The van der Waals surface area contributed by atoms with Gasteiger partial charge in [0.05, 0.1) is 26.9 Å². The minimum atomic E-state index is -0.802. The highest BCUT2D eigenvalue weighted by atomic mass is 16.6. The van der Waals surface area contributed by atoms with E-state index in [1.54, 1.807) is 31.4 Å². The number of aliphatic hydroxyl groups is 1. The third-order valence-electron chi connectivity index (χ3n) is 3.51. The summed E-state index contributed by atoms with van der Waals surface area (Å²) in [6, 6.07) is 6.29. The van der Waals surface area contributed by atoms with Crippen molar-refractivity contribution in [3.05, 3.63) is 29.8 Å². The SMILES string of the molecule is COC(=O)C1CC(O)CN1C(=O)OCc1ccc(OC)cc1. The maximum atomic E-state index is 12.1. The fourth-order valence-corrected chi connectivity index (χ4v) is 2.32. The number of hydrogen-bond donors (Lipinski definition) is 1. The molecule has 1 aromatic rings. The molecular formula is C15H19NO6. The third-order valence-corrected chi connectivity index (χ3v) is 3.51. The summed E-state index contributed by atoms with van der Waals surface area (Å²) in [5, 5.41) is 9.64. The van der Waals surface area contributed by atoms with Gasteiger partial charge in [0.2, 0.25) is 0 Å². The lowest BCUT2D eigenvalue weighted by atomic mass is 10.2. The van der Waals surface area contributed by atoms with Gasteiger partial charge in [-0.25, -0.2) is 9.59 Å². The molecule has 0 aliphatic carbocycles. The summed E-state index contributed by atoms with van der Waals surface area (Å²) in [5.74, 6) is 0.154. The van der Waals surface area contributed by atoms with Gasteiger partial charge in [0.25, 0.3) is 0 Å². The number of methoxy groups -OCH3 is 2. The monoisotopic (exact) mass is 309 g/mol. The van der Waals surface area contributed by atoms with Crippen LogP contribution >= 0.6 is 0 Å². The first-order valence-corrected chi connectivity index (χ1v) is 6.87. The molecule has 1 N–H and O–H groups in total. The molecule has 0 radical (unpaired) electrons. The third kappa shape index (κ3) is 3.67. The number of ether oxygens (including phenoxy) is 3. The summed E-state index contributed by atoms with van der Waals surface area (Å²) in [4.78, 5) is 24.9. The Hall–Kier alpha value is -2.28. The number of carbonyl (C=O) groups is 2. The van der Waals surface area contributed by atoms with E-state index < -0.39 is 24.2 Å². The lowest BCUT2D eigenvalue weighted by Gasteiger charge is -2.21. The molecule has 1 aliphatic rings. The second-order valence-electron chi connectivity index (χ2n) is 4.98. The van der Waals surface area contributed by atoms with Crippen LogP contribution in [0.5, 0.6) is 5.75 Å². The quantitative estimate of drug-likeness (QED) is 0.833. The fraction of sp³-hybridized carbons (Fsp3) is 0.467. The van der Waals surface area contributed by atoms with E-state index in [4.69, 9.17) is 9.47 Å². The molecule has 120 valence electrons. The van der Waals surface area contributed by atoms with E-state index in [2.05, 4.69) is 4.74 Å². The van der Waals surface area contributed by atoms with E-state index in [0.717, 1.165) is 5.56 Å². The highest BCUT2D eigenvalue weighted by molar-refractivity contribution is 5.82. The van der Waals surface area contributed by atoms with Crippen molar-refractivity contribution < 1.29 is 28.9 Å². The molecule has 1 aromatic carbocycles. The molecule has 0 saturated carbocycles. The predicted octanol–water partition coefficient (Wildman–Crippen LogP) is 0.940. The number of β-amino-alcohol motifs (C(OH)–C–C–N with tert-alkyl or cyclic N) is 1. The molecule has 1 saturated heterocycles. The van der Waals surface area contributed by atoms with Crippen molar-refractivity contribution >= 4 is 12.1 Å². The van der Waals surface area contributed by atoms with Crippen LogP contribution in [-0.4, -0.2) is 55.0 Å². The number of aliphatic hydroxyl groups excluding tert-OH is 1. The number of benzene rings is 1. The molecule has 2 rings (SSSR count). The maximum Gasteiger partial charge on any atom is 0.410 e. The Morgan fingerprint density at radius 3 is 2.55 bits per heavy atom. The Balaban J connectivity index is 1.94. The van der Waals surface area contributed by atoms with Crippen molar-refractivity contribution in [2.24, 2.45) is 0 Å². The molecule has 2 unspecified atom stereocenters. The van der Waals surface area contributed by atoms with Gasteiger partial charge in [-0.2, -0.15) is 0 Å². The van der Waals surface area contributed by atoms with E-state index >= 15 is 0 Å². The summed E-state index contributed by atoms with van der Waals surface area (Å²) in [7, 11) is 2.81. The average Bonchev–Trinajstić information content (AvgIpc) is 2.94. The van der Waals surface area contributed by atoms with Crippen molar-refractivity contribution in [1.82, 2.24) is 4.90 Å². The van der Waals surface area contributed by atoms with Crippen molar-refractivity contribution in [3.8, 4) is 5.75 Å². The zero-order chi connectivity index (χ0) is 16.1. The summed E-state index contributed by atoms with van der Waals surface area (Å²) >= 11 is 0. The molecule has 1 aliphatic heterocycles. The van der Waals surface area contributed by atoms with Gasteiger partial charge in [0.15, 0.2) is 0 Å². The number of amides is 1. The van der Waals surface area contributed by atoms with Crippen molar-refractivity contribution in [2.75, 3.05) is 20.8 Å². The van der Waals surface area contributed by atoms with Crippen LogP contribution in [-0.2, 0) is 20.9 Å². The van der Waals surface area contributed by atoms with Crippen LogP contribution in [0.4, 0.5) is 4.79 Å². The van der Waals surface area contributed by atoms with E-state index in [0.29, 0.717) is 5.75 Å². The van der Waals surface area contributed by atoms with Gasteiger partial charge in [-0.1, -0.05) is 12.1 Å². The number of hydrogen-bond acceptors (Lipinski definition) is 6. The van der Waals surface area contributed by atoms with E-state index in [1.165, 1.54) is 12.0 Å². The molecule has 2 atom stereocenters. The smallest absolute Gasteiger partial charge is 0.410 e. The van der Waals surface area contributed by atoms with Gasteiger partial charge in [0, 0.05) is 6.42 Å². The van der Waals surface area contributed by atoms with Crippen LogP contribution < -0.4 is 4.74 Å². The van der Waals surface area contributed by atoms with Gasteiger partial charge in [-0.3, -0.25) is 4.90 Å². The topological polar surface area (TPSA) is 85.3 Å². The Labute approximate surface area is 128 Å². The Morgan fingerprint density at radius 1 is 1.27 bits per heavy atom. The van der Waals surface area contributed by atoms with Crippen LogP contribution in [0.2, 0.25) is 0 Å².